The van der Waals surface area contributed by atoms with Crippen LogP contribution < -0.4 is 5.32 Å². The topological polar surface area (TPSA) is 49.3 Å². The van der Waals surface area contributed by atoms with Crippen LogP contribution in [-0.4, -0.2) is 23.7 Å². The molecule has 0 saturated heterocycles. The molecule has 0 saturated carbocycles. The molecule has 1 amide bonds. The molecule has 1 rings (SSSR count). The Labute approximate surface area is 90.1 Å². The van der Waals surface area contributed by atoms with Gasteiger partial charge in [0.2, 0.25) is 5.91 Å². The van der Waals surface area contributed by atoms with Crippen molar-refractivity contribution < 1.29 is 9.90 Å². The Kier molecular flexibility index (Phi) is 4.84. The summed E-state index contributed by atoms with van der Waals surface area (Å²) >= 11 is 0. The van der Waals surface area contributed by atoms with E-state index in [1.807, 2.05) is 30.3 Å². The zero-order valence-electron chi connectivity index (χ0n) is 8.94. The summed E-state index contributed by atoms with van der Waals surface area (Å²) in [6.45, 7) is 2.11. The van der Waals surface area contributed by atoms with Crippen molar-refractivity contribution in [3.05, 3.63) is 35.9 Å². The lowest BCUT2D eigenvalue weighted by atomic mass is 10.1. The first-order chi connectivity index (χ1) is 7.22. The summed E-state index contributed by atoms with van der Waals surface area (Å²) in [5.74, 6) is -0.0258. The second-order valence-corrected chi connectivity index (χ2v) is 3.50. The molecule has 0 heterocycles. The van der Waals surface area contributed by atoms with Gasteiger partial charge in [-0.15, -0.1) is 0 Å². The van der Waals surface area contributed by atoms with E-state index in [0.29, 0.717) is 19.4 Å². The highest BCUT2D eigenvalue weighted by Gasteiger charge is 2.06. The third-order valence-corrected chi connectivity index (χ3v) is 2.17. The van der Waals surface area contributed by atoms with Crippen LogP contribution in [-0.2, 0) is 11.2 Å². The average Bonchev–Trinajstić information content (AvgIpc) is 2.27. The SMILES string of the molecule is CCC(=O)NCC(O)Cc1ccccc1. The number of aliphatic hydroxyl groups is 1. The minimum Gasteiger partial charge on any atom is -0.391 e. The fourth-order valence-electron chi connectivity index (χ4n) is 1.31. The molecule has 0 aromatic heterocycles. The molecule has 1 unspecified atom stereocenters. The molecular formula is C12H17NO2. The van der Waals surface area contributed by atoms with E-state index in [-0.39, 0.29) is 5.91 Å². The highest BCUT2D eigenvalue weighted by Crippen LogP contribution is 2.02. The molecule has 0 aliphatic rings. The lowest BCUT2D eigenvalue weighted by Crippen LogP contribution is -2.32. The van der Waals surface area contributed by atoms with Gasteiger partial charge in [-0.25, -0.2) is 0 Å². The van der Waals surface area contributed by atoms with Gasteiger partial charge in [-0.2, -0.15) is 0 Å². The molecule has 0 aliphatic carbocycles. The summed E-state index contributed by atoms with van der Waals surface area (Å²) < 4.78 is 0. The van der Waals surface area contributed by atoms with Crippen LogP contribution in [0.4, 0.5) is 0 Å². The molecule has 1 atom stereocenters. The lowest BCUT2D eigenvalue weighted by Gasteiger charge is -2.11. The predicted molar refractivity (Wildman–Crippen MR) is 59.5 cm³/mol. The minimum absolute atomic E-state index is 0.0258. The smallest absolute Gasteiger partial charge is 0.219 e. The zero-order chi connectivity index (χ0) is 11.1. The van der Waals surface area contributed by atoms with Crippen LogP contribution in [0.15, 0.2) is 30.3 Å². The second-order valence-electron chi connectivity index (χ2n) is 3.50. The van der Waals surface area contributed by atoms with Crippen LogP contribution in [0.2, 0.25) is 0 Å². The number of carbonyl (C=O) groups excluding carboxylic acids is 1. The van der Waals surface area contributed by atoms with Crippen LogP contribution in [0, 0.1) is 0 Å². The van der Waals surface area contributed by atoms with Crippen LogP contribution in [0.5, 0.6) is 0 Å². The molecule has 0 radical (unpaired) electrons. The maximum Gasteiger partial charge on any atom is 0.219 e. The van der Waals surface area contributed by atoms with E-state index in [1.54, 1.807) is 6.92 Å². The maximum absolute atomic E-state index is 10.9. The van der Waals surface area contributed by atoms with Gasteiger partial charge in [0.1, 0.15) is 0 Å². The van der Waals surface area contributed by atoms with E-state index in [2.05, 4.69) is 5.32 Å². The summed E-state index contributed by atoms with van der Waals surface area (Å²) in [6, 6.07) is 9.74. The second kappa shape index (κ2) is 6.19. The number of rotatable bonds is 5. The molecule has 15 heavy (non-hydrogen) atoms. The van der Waals surface area contributed by atoms with E-state index in [1.165, 1.54) is 0 Å². The molecule has 0 aliphatic heterocycles. The Morgan fingerprint density at radius 2 is 2.07 bits per heavy atom. The van der Waals surface area contributed by atoms with Crippen molar-refractivity contribution in [2.45, 2.75) is 25.9 Å². The van der Waals surface area contributed by atoms with Gasteiger partial charge in [-0.3, -0.25) is 4.79 Å². The standard InChI is InChI=1S/C12H17NO2/c1-2-12(15)13-9-11(14)8-10-6-4-3-5-7-10/h3-7,11,14H,2,8-9H2,1H3,(H,13,15). The van der Waals surface area contributed by atoms with Crippen molar-refractivity contribution in [1.82, 2.24) is 5.32 Å². The van der Waals surface area contributed by atoms with E-state index in [4.69, 9.17) is 0 Å². The lowest BCUT2D eigenvalue weighted by molar-refractivity contribution is -0.121. The Morgan fingerprint density at radius 1 is 1.40 bits per heavy atom. The third-order valence-electron chi connectivity index (χ3n) is 2.17. The van der Waals surface area contributed by atoms with E-state index in [0.717, 1.165) is 5.56 Å². The first-order valence-corrected chi connectivity index (χ1v) is 5.21. The van der Waals surface area contributed by atoms with Gasteiger partial charge >= 0.3 is 0 Å². The van der Waals surface area contributed by atoms with Crippen LogP contribution in [0.25, 0.3) is 0 Å². The van der Waals surface area contributed by atoms with Gasteiger partial charge in [-0.1, -0.05) is 37.3 Å². The number of carbonyl (C=O) groups is 1. The van der Waals surface area contributed by atoms with E-state index in [9.17, 15) is 9.90 Å². The van der Waals surface area contributed by atoms with Crippen molar-refractivity contribution in [1.29, 1.82) is 0 Å². The fourth-order valence-corrected chi connectivity index (χ4v) is 1.31. The molecule has 82 valence electrons. The van der Waals surface area contributed by atoms with Gasteiger partial charge < -0.3 is 10.4 Å². The molecular weight excluding hydrogens is 190 g/mol. The fraction of sp³-hybridized carbons (Fsp3) is 0.417. The van der Waals surface area contributed by atoms with Gasteiger partial charge in [0.05, 0.1) is 6.10 Å². The number of amides is 1. The van der Waals surface area contributed by atoms with Crippen molar-refractivity contribution in [2.24, 2.45) is 0 Å². The predicted octanol–water partition coefficient (Wildman–Crippen LogP) is 1.12. The Bertz CT molecular complexity index is 298. The normalized spacial score (nSPS) is 12.1. The van der Waals surface area contributed by atoms with E-state index < -0.39 is 6.10 Å². The highest BCUT2D eigenvalue weighted by atomic mass is 16.3. The molecule has 3 heteroatoms. The van der Waals surface area contributed by atoms with E-state index >= 15 is 0 Å². The zero-order valence-corrected chi connectivity index (χ0v) is 8.94. The summed E-state index contributed by atoms with van der Waals surface area (Å²) in [4.78, 5) is 10.9. The monoisotopic (exact) mass is 207 g/mol. The third kappa shape index (κ3) is 4.61. The van der Waals surface area contributed by atoms with Crippen LogP contribution in [0.1, 0.15) is 18.9 Å². The number of aliphatic hydroxyl groups excluding tert-OH is 1. The summed E-state index contributed by atoms with van der Waals surface area (Å²) in [5.41, 5.74) is 1.08. The van der Waals surface area contributed by atoms with Crippen LogP contribution >= 0.6 is 0 Å². The highest BCUT2D eigenvalue weighted by molar-refractivity contribution is 5.75. The average molecular weight is 207 g/mol. The molecule has 1 aromatic rings. The number of hydrogen-bond acceptors (Lipinski definition) is 2. The summed E-state index contributed by atoms with van der Waals surface area (Å²) in [7, 11) is 0. The number of benzene rings is 1. The van der Waals surface area contributed by atoms with Crippen LogP contribution in [0.3, 0.4) is 0 Å². The molecule has 0 bridgehead atoms. The first-order valence-electron chi connectivity index (χ1n) is 5.21. The maximum atomic E-state index is 10.9. The summed E-state index contributed by atoms with van der Waals surface area (Å²) in [5, 5.41) is 12.3. The Morgan fingerprint density at radius 3 is 2.67 bits per heavy atom. The van der Waals surface area contributed by atoms with Gasteiger partial charge in [0.15, 0.2) is 0 Å². The molecule has 1 aromatic carbocycles. The van der Waals surface area contributed by atoms with Crippen molar-refractivity contribution >= 4 is 5.91 Å². The van der Waals surface area contributed by atoms with Gasteiger partial charge in [-0.05, 0) is 5.56 Å². The minimum atomic E-state index is -0.511. The molecule has 0 spiro atoms. The largest absolute Gasteiger partial charge is 0.391 e. The van der Waals surface area contributed by atoms with Crippen molar-refractivity contribution in [2.75, 3.05) is 6.54 Å². The number of hydrogen-bond donors (Lipinski definition) is 2. The molecule has 2 N–H and O–H groups in total. The first kappa shape index (κ1) is 11.7. The quantitative estimate of drug-likeness (QED) is 0.760. The van der Waals surface area contributed by atoms with Crippen molar-refractivity contribution in [3.63, 3.8) is 0 Å². The Balaban J connectivity index is 2.30. The van der Waals surface area contributed by atoms with Gasteiger partial charge in [0.25, 0.3) is 0 Å². The molecule has 3 nitrogen and oxygen atoms in total. The Hall–Kier alpha value is -1.35. The summed E-state index contributed by atoms with van der Waals surface area (Å²) in [6.07, 6.45) is 0.519. The van der Waals surface area contributed by atoms with Crippen molar-refractivity contribution in [3.8, 4) is 0 Å². The number of nitrogens with one attached hydrogen (secondary N) is 1. The van der Waals surface area contributed by atoms with Gasteiger partial charge in [0, 0.05) is 19.4 Å². The molecule has 0 fully saturated rings.